The number of quaternary nitrogens is 1. The molecule has 1 heterocycles. The zero-order chi connectivity index (χ0) is 18.5. The van der Waals surface area contributed by atoms with E-state index in [0.29, 0.717) is 17.2 Å². The van der Waals surface area contributed by atoms with E-state index in [1.807, 2.05) is 24.3 Å². The first kappa shape index (κ1) is 18.3. The van der Waals surface area contributed by atoms with Crippen LogP contribution in [0.1, 0.15) is 17.5 Å². The highest BCUT2D eigenvalue weighted by Crippen LogP contribution is 2.38. The van der Waals surface area contributed by atoms with Crippen molar-refractivity contribution in [3.8, 4) is 17.2 Å². The molecule has 1 aliphatic rings. The second-order valence-electron chi connectivity index (χ2n) is 6.40. The van der Waals surface area contributed by atoms with Gasteiger partial charge in [0.2, 0.25) is 5.75 Å². The van der Waals surface area contributed by atoms with E-state index in [2.05, 4.69) is 6.08 Å². The molecular weight excluding hydrogens is 333 g/mol. The smallest absolute Gasteiger partial charge is 0.203 e. The average Bonchev–Trinajstić information content (AvgIpc) is 2.68. The standard InChI is InChI=1S/C21H24FNO3/c1-24-19-12-15(13-20(25-2)21(19)26-3)14-23-10-8-17(9-11-23)16-4-6-18(22)7-5-16/h4-8,12-13H,9-11,14H2,1-3H3/p+1. The molecule has 2 aromatic carbocycles. The summed E-state index contributed by atoms with van der Waals surface area (Å²) < 4.78 is 29.3. The lowest BCUT2D eigenvalue weighted by molar-refractivity contribution is -0.908. The molecule has 5 heteroatoms. The predicted octanol–water partition coefficient (Wildman–Crippen LogP) is 2.72. The van der Waals surface area contributed by atoms with Crippen LogP contribution in [0.5, 0.6) is 17.2 Å². The van der Waals surface area contributed by atoms with Gasteiger partial charge < -0.3 is 19.1 Å². The normalized spacial score (nSPS) is 16.8. The van der Waals surface area contributed by atoms with Crippen LogP contribution in [-0.2, 0) is 6.54 Å². The van der Waals surface area contributed by atoms with E-state index in [4.69, 9.17) is 14.2 Å². The number of ether oxygens (including phenoxy) is 3. The highest BCUT2D eigenvalue weighted by molar-refractivity contribution is 5.66. The first-order valence-electron chi connectivity index (χ1n) is 8.72. The van der Waals surface area contributed by atoms with Crippen molar-refractivity contribution in [1.29, 1.82) is 0 Å². The first-order valence-corrected chi connectivity index (χ1v) is 8.72. The molecule has 0 saturated carbocycles. The number of rotatable bonds is 6. The number of hydrogen-bond acceptors (Lipinski definition) is 3. The molecule has 138 valence electrons. The molecule has 1 aliphatic heterocycles. The summed E-state index contributed by atoms with van der Waals surface area (Å²) in [4.78, 5) is 1.46. The summed E-state index contributed by atoms with van der Waals surface area (Å²) in [6.07, 6.45) is 3.23. The maximum atomic E-state index is 13.1. The zero-order valence-electron chi connectivity index (χ0n) is 15.5. The molecule has 0 spiro atoms. The van der Waals surface area contributed by atoms with Crippen molar-refractivity contribution >= 4 is 5.57 Å². The highest BCUT2D eigenvalue weighted by Gasteiger charge is 2.19. The van der Waals surface area contributed by atoms with Crippen LogP contribution in [-0.4, -0.2) is 34.4 Å². The van der Waals surface area contributed by atoms with Crippen LogP contribution >= 0.6 is 0 Å². The van der Waals surface area contributed by atoms with Gasteiger partial charge in [-0.2, -0.15) is 0 Å². The molecule has 0 bridgehead atoms. The van der Waals surface area contributed by atoms with Gasteiger partial charge in [0.05, 0.1) is 34.4 Å². The Labute approximate surface area is 153 Å². The molecule has 4 nitrogen and oxygen atoms in total. The zero-order valence-corrected chi connectivity index (χ0v) is 15.5. The lowest BCUT2D eigenvalue weighted by Crippen LogP contribution is -3.11. The van der Waals surface area contributed by atoms with E-state index in [-0.39, 0.29) is 5.82 Å². The second-order valence-corrected chi connectivity index (χ2v) is 6.40. The van der Waals surface area contributed by atoms with Crippen molar-refractivity contribution in [2.75, 3.05) is 34.4 Å². The Bertz CT molecular complexity index is 761. The molecule has 0 aromatic heterocycles. The van der Waals surface area contributed by atoms with Gasteiger partial charge in [0.25, 0.3) is 0 Å². The van der Waals surface area contributed by atoms with Crippen LogP contribution in [0, 0.1) is 5.82 Å². The van der Waals surface area contributed by atoms with Crippen molar-refractivity contribution in [2.24, 2.45) is 0 Å². The van der Waals surface area contributed by atoms with Crippen molar-refractivity contribution in [3.05, 3.63) is 59.4 Å². The fourth-order valence-corrected chi connectivity index (χ4v) is 3.40. The summed E-state index contributed by atoms with van der Waals surface area (Å²) in [5.41, 5.74) is 3.55. The second kappa shape index (κ2) is 8.23. The molecule has 0 amide bonds. The molecule has 0 radical (unpaired) electrons. The van der Waals surface area contributed by atoms with Gasteiger partial charge in [0.1, 0.15) is 12.4 Å². The quantitative estimate of drug-likeness (QED) is 0.862. The van der Waals surface area contributed by atoms with E-state index in [9.17, 15) is 4.39 Å². The van der Waals surface area contributed by atoms with E-state index in [1.165, 1.54) is 22.6 Å². The number of benzene rings is 2. The molecule has 1 atom stereocenters. The van der Waals surface area contributed by atoms with E-state index < -0.39 is 0 Å². The maximum Gasteiger partial charge on any atom is 0.203 e. The average molecular weight is 358 g/mol. The molecule has 3 rings (SSSR count). The summed E-state index contributed by atoms with van der Waals surface area (Å²) in [6, 6.07) is 10.8. The predicted molar refractivity (Wildman–Crippen MR) is 99.5 cm³/mol. The fourth-order valence-electron chi connectivity index (χ4n) is 3.40. The molecule has 0 aliphatic carbocycles. The third-order valence-electron chi connectivity index (χ3n) is 4.78. The van der Waals surface area contributed by atoms with Crippen LogP contribution in [0.3, 0.4) is 0 Å². The number of hydrogen-bond donors (Lipinski definition) is 1. The third kappa shape index (κ3) is 3.99. The lowest BCUT2D eigenvalue weighted by atomic mass is 9.99. The molecule has 1 unspecified atom stereocenters. The van der Waals surface area contributed by atoms with E-state index in [0.717, 1.165) is 37.2 Å². The Morgan fingerprint density at radius 2 is 1.62 bits per heavy atom. The van der Waals surface area contributed by atoms with Crippen molar-refractivity contribution < 1.29 is 23.5 Å². The van der Waals surface area contributed by atoms with Crippen LogP contribution in [0.25, 0.3) is 5.57 Å². The Hall–Kier alpha value is -2.53. The van der Waals surface area contributed by atoms with Gasteiger partial charge in [0, 0.05) is 12.0 Å². The SMILES string of the molecule is COc1cc(C[NH+]2CC=C(c3ccc(F)cc3)CC2)cc(OC)c1OC. The van der Waals surface area contributed by atoms with Gasteiger partial charge in [-0.1, -0.05) is 12.1 Å². The summed E-state index contributed by atoms with van der Waals surface area (Å²) in [6.45, 7) is 2.84. The fraction of sp³-hybridized carbons (Fsp3) is 0.333. The van der Waals surface area contributed by atoms with Gasteiger partial charge in [-0.3, -0.25) is 0 Å². The minimum absolute atomic E-state index is 0.195. The first-order chi connectivity index (χ1) is 12.6. The van der Waals surface area contributed by atoms with Crippen LogP contribution < -0.4 is 19.1 Å². The van der Waals surface area contributed by atoms with E-state index in [1.54, 1.807) is 21.3 Å². The van der Waals surface area contributed by atoms with Crippen molar-refractivity contribution in [3.63, 3.8) is 0 Å². The Morgan fingerprint density at radius 3 is 2.12 bits per heavy atom. The van der Waals surface area contributed by atoms with Crippen LogP contribution in [0.4, 0.5) is 4.39 Å². The highest BCUT2D eigenvalue weighted by atomic mass is 19.1. The van der Waals surface area contributed by atoms with Gasteiger partial charge in [-0.15, -0.1) is 0 Å². The number of halogens is 1. The Kier molecular flexibility index (Phi) is 5.78. The Morgan fingerprint density at radius 1 is 0.962 bits per heavy atom. The number of methoxy groups -OCH3 is 3. The minimum atomic E-state index is -0.195. The molecule has 0 saturated heterocycles. The van der Waals surface area contributed by atoms with Gasteiger partial charge in [-0.25, -0.2) is 4.39 Å². The van der Waals surface area contributed by atoms with Crippen LogP contribution in [0.2, 0.25) is 0 Å². The van der Waals surface area contributed by atoms with E-state index >= 15 is 0 Å². The lowest BCUT2D eigenvalue weighted by Gasteiger charge is -2.24. The summed E-state index contributed by atoms with van der Waals surface area (Å²) in [7, 11) is 4.87. The third-order valence-corrected chi connectivity index (χ3v) is 4.78. The summed E-state index contributed by atoms with van der Waals surface area (Å²) >= 11 is 0. The molecule has 2 aromatic rings. The molecule has 26 heavy (non-hydrogen) atoms. The topological polar surface area (TPSA) is 32.1 Å². The molecule has 1 N–H and O–H groups in total. The van der Waals surface area contributed by atoms with Gasteiger partial charge in [-0.05, 0) is 41.5 Å². The van der Waals surface area contributed by atoms with Gasteiger partial charge >= 0.3 is 0 Å². The molecule has 0 fully saturated rings. The Balaban J connectivity index is 1.72. The molecular formula is C21H25FNO3+. The monoisotopic (exact) mass is 358 g/mol. The summed E-state index contributed by atoms with van der Waals surface area (Å²) in [5.74, 6) is 1.78. The largest absolute Gasteiger partial charge is 0.493 e. The van der Waals surface area contributed by atoms with Gasteiger partial charge in [0.15, 0.2) is 11.5 Å². The van der Waals surface area contributed by atoms with Crippen LogP contribution in [0.15, 0.2) is 42.5 Å². The van der Waals surface area contributed by atoms with Crippen molar-refractivity contribution in [2.45, 2.75) is 13.0 Å². The number of nitrogens with one attached hydrogen (secondary N) is 1. The minimum Gasteiger partial charge on any atom is -0.493 e. The maximum absolute atomic E-state index is 13.1. The van der Waals surface area contributed by atoms with Crippen molar-refractivity contribution in [1.82, 2.24) is 0 Å². The summed E-state index contributed by atoms with van der Waals surface area (Å²) in [5, 5.41) is 0.